The SMILES string of the molecule is CC1(C(=O)c2cncnc2)CCCCC1. The molecule has 0 N–H and O–H groups in total. The number of carbonyl (C=O) groups excluding carboxylic acids is 1. The summed E-state index contributed by atoms with van der Waals surface area (Å²) < 4.78 is 0. The molecule has 0 unspecified atom stereocenters. The third-order valence-electron chi connectivity index (χ3n) is 3.33. The van der Waals surface area contributed by atoms with E-state index in [2.05, 4.69) is 16.9 Å². The van der Waals surface area contributed by atoms with Crippen molar-refractivity contribution in [2.45, 2.75) is 39.0 Å². The van der Waals surface area contributed by atoms with Crippen LogP contribution >= 0.6 is 0 Å². The first-order valence-corrected chi connectivity index (χ1v) is 5.52. The van der Waals surface area contributed by atoms with E-state index < -0.39 is 0 Å². The Labute approximate surface area is 89.9 Å². The van der Waals surface area contributed by atoms with Gasteiger partial charge in [-0.15, -0.1) is 0 Å². The fraction of sp³-hybridized carbons (Fsp3) is 0.583. The van der Waals surface area contributed by atoms with Crippen molar-refractivity contribution in [2.24, 2.45) is 5.41 Å². The molecule has 15 heavy (non-hydrogen) atoms. The topological polar surface area (TPSA) is 42.9 Å². The molecule has 1 fully saturated rings. The molecule has 2 rings (SSSR count). The number of carbonyl (C=O) groups is 1. The molecule has 0 amide bonds. The van der Waals surface area contributed by atoms with Gasteiger partial charge in [-0.05, 0) is 12.8 Å². The highest BCUT2D eigenvalue weighted by Gasteiger charge is 2.35. The van der Waals surface area contributed by atoms with Gasteiger partial charge in [0, 0.05) is 17.8 Å². The van der Waals surface area contributed by atoms with Crippen LogP contribution in [0.5, 0.6) is 0 Å². The molecule has 1 aromatic rings. The van der Waals surface area contributed by atoms with Crippen LogP contribution in [0, 0.1) is 5.41 Å². The smallest absolute Gasteiger partial charge is 0.171 e. The van der Waals surface area contributed by atoms with Crippen LogP contribution in [0.3, 0.4) is 0 Å². The van der Waals surface area contributed by atoms with E-state index in [0.717, 1.165) is 25.7 Å². The monoisotopic (exact) mass is 204 g/mol. The van der Waals surface area contributed by atoms with E-state index in [1.165, 1.54) is 12.7 Å². The lowest BCUT2D eigenvalue weighted by molar-refractivity contribution is 0.0748. The summed E-state index contributed by atoms with van der Waals surface area (Å²) in [6.45, 7) is 2.07. The fourth-order valence-electron chi connectivity index (χ4n) is 2.32. The van der Waals surface area contributed by atoms with E-state index in [4.69, 9.17) is 0 Å². The third-order valence-corrected chi connectivity index (χ3v) is 3.33. The van der Waals surface area contributed by atoms with Crippen LogP contribution in [-0.4, -0.2) is 15.8 Å². The molecule has 0 radical (unpaired) electrons. The molecule has 1 aromatic heterocycles. The van der Waals surface area contributed by atoms with Crippen LogP contribution < -0.4 is 0 Å². The summed E-state index contributed by atoms with van der Waals surface area (Å²) >= 11 is 0. The lowest BCUT2D eigenvalue weighted by atomic mass is 9.71. The zero-order valence-electron chi connectivity index (χ0n) is 9.07. The molecule has 0 spiro atoms. The van der Waals surface area contributed by atoms with Crippen LogP contribution in [0.4, 0.5) is 0 Å². The van der Waals surface area contributed by atoms with E-state index in [9.17, 15) is 4.79 Å². The van der Waals surface area contributed by atoms with Gasteiger partial charge < -0.3 is 0 Å². The predicted molar refractivity (Wildman–Crippen MR) is 57.6 cm³/mol. The minimum Gasteiger partial charge on any atom is -0.293 e. The normalized spacial score (nSPS) is 19.8. The zero-order chi connectivity index (χ0) is 10.7. The molecule has 1 aliphatic rings. The molecule has 1 heterocycles. The standard InChI is InChI=1S/C12H16N2O/c1-12(5-3-2-4-6-12)11(15)10-7-13-9-14-8-10/h7-9H,2-6H2,1H3. The minimum absolute atomic E-state index is 0.178. The van der Waals surface area contributed by atoms with Gasteiger partial charge in [-0.2, -0.15) is 0 Å². The molecular weight excluding hydrogens is 188 g/mol. The first kappa shape index (κ1) is 10.3. The number of hydrogen-bond donors (Lipinski definition) is 0. The summed E-state index contributed by atoms with van der Waals surface area (Å²) in [5, 5.41) is 0. The van der Waals surface area contributed by atoms with Crippen LogP contribution in [0.2, 0.25) is 0 Å². The number of ketones is 1. The van der Waals surface area contributed by atoms with Crippen molar-refractivity contribution in [3.8, 4) is 0 Å². The molecular formula is C12H16N2O. The van der Waals surface area contributed by atoms with Crippen LogP contribution in [0.25, 0.3) is 0 Å². The Bertz CT molecular complexity index is 342. The van der Waals surface area contributed by atoms with E-state index in [1.807, 2.05) is 0 Å². The van der Waals surface area contributed by atoms with E-state index in [1.54, 1.807) is 12.4 Å². The summed E-state index contributed by atoms with van der Waals surface area (Å²) in [6, 6.07) is 0. The van der Waals surface area contributed by atoms with Crippen LogP contribution in [0.1, 0.15) is 49.4 Å². The van der Waals surface area contributed by atoms with Crippen molar-refractivity contribution in [3.05, 3.63) is 24.3 Å². The highest BCUT2D eigenvalue weighted by atomic mass is 16.1. The number of nitrogens with zero attached hydrogens (tertiary/aromatic N) is 2. The molecule has 0 atom stereocenters. The molecule has 3 nitrogen and oxygen atoms in total. The summed E-state index contributed by atoms with van der Waals surface area (Å²) in [5.41, 5.74) is 0.477. The molecule has 0 aromatic carbocycles. The Morgan fingerprint density at radius 2 is 1.80 bits per heavy atom. The average Bonchev–Trinajstić information content (AvgIpc) is 2.30. The molecule has 3 heteroatoms. The highest BCUT2D eigenvalue weighted by molar-refractivity contribution is 5.99. The van der Waals surface area contributed by atoms with Gasteiger partial charge in [0.1, 0.15) is 6.33 Å². The van der Waals surface area contributed by atoms with Crippen molar-refractivity contribution in [3.63, 3.8) is 0 Å². The second kappa shape index (κ2) is 4.09. The van der Waals surface area contributed by atoms with Crippen molar-refractivity contribution >= 4 is 5.78 Å². The van der Waals surface area contributed by atoms with Gasteiger partial charge in [-0.3, -0.25) is 4.79 Å². The second-order valence-electron chi connectivity index (χ2n) is 4.58. The van der Waals surface area contributed by atoms with Crippen LogP contribution in [-0.2, 0) is 0 Å². The largest absolute Gasteiger partial charge is 0.293 e. The summed E-state index contributed by atoms with van der Waals surface area (Å²) in [5.74, 6) is 0.211. The number of aromatic nitrogens is 2. The number of hydrogen-bond acceptors (Lipinski definition) is 3. The van der Waals surface area contributed by atoms with Gasteiger partial charge >= 0.3 is 0 Å². The van der Waals surface area contributed by atoms with Gasteiger partial charge in [0.25, 0.3) is 0 Å². The van der Waals surface area contributed by atoms with E-state index in [-0.39, 0.29) is 11.2 Å². The molecule has 1 aliphatic carbocycles. The van der Waals surface area contributed by atoms with E-state index >= 15 is 0 Å². The van der Waals surface area contributed by atoms with Gasteiger partial charge in [0.05, 0.1) is 5.56 Å². The van der Waals surface area contributed by atoms with Crippen LogP contribution in [0.15, 0.2) is 18.7 Å². The Balaban J connectivity index is 2.20. The van der Waals surface area contributed by atoms with Crippen molar-refractivity contribution in [1.29, 1.82) is 0 Å². The fourth-order valence-corrected chi connectivity index (χ4v) is 2.32. The van der Waals surface area contributed by atoms with Crippen molar-refractivity contribution in [1.82, 2.24) is 9.97 Å². The second-order valence-corrected chi connectivity index (χ2v) is 4.58. The maximum atomic E-state index is 12.2. The Kier molecular flexibility index (Phi) is 2.80. The van der Waals surface area contributed by atoms with Crippen molar-refractivity contribution < 1.29 is 4.79 Å². The molecule has 80 valence electrons. The van der Waals surface area contributed by atoms with E-state index in [0.29, 0.717) is 5.56 Å². The van der Waals surface area contributed by atoms with Crippen molar-refractivity contribution in [2.75, 3.05) is 0 Å². The average molecular weight is 204 g/mol. The lowest BCUT2D eigenvalue weighted by Gasteiger charge is -2.31. The van der Waals surface area contributed by atoms with Gasteiger partial charge in [0.15, 0.2) is 5.78 Å². The molecule has 0 bridgehead atoms. The maximum absolute atomic E-state index is 12.2. The Hall–Kier alpha value is -1.25. The molecule has 1 saturated carbocycles. The Morgan fingerprint density at radius 1 is 1.20 bits per heavy atom. The predicted octanol–water partition coefficient (Wildman–Crippen LogP) is 2.63. The first-order chi connectivity index (χ1) is 7.22. The minimum atomic E-state index is -0.178. The number of Topliss-reactive ketones (excluding diaryl/α,β-unsaturated/α-hetero) is 1. The number of rotatable bonds is 2. The molecule has 0 aliphatic heterocycles. The summed E-state index contributed by atoms with van der Waals surface area (Å²) in [6.07, 6.45) is 10.3. The maximum Gasteiger partial charge on any atom is 0.171 e. The first-order valence-electron chi connectivity index (χ1n) is 5.52. The Morgan fingerprint density at radius 3 is 2.40 bits per heavy atom. The van der Waals surface area contributed by atoms with Gasteiger partial charge in [0.2, 0.25) is 0 Å². The van der Waals surface area contributed by atoms with Gasteiger partial charge in [-0.25, -0.2) is 9.97 Å². The third kappa shape index (κ3) is 2.06. The summed E-state index contributed by atoms with van der Waals surface area (Å²) in [7, 11) is 0. The lowest BCUT2D eigenvalue weighted by Crippen LogP contribution is -2.30. The molecule has 0 saturated heterocycles. The zero-order valence-corrected chi connectivity index (χ0v) is 9.07. The van der Waals surface area contributed by atoms with Gasteiger partial charge in [-0.1, -0.05) is 26.2 Å². The quantitative estimate of drug-likeness (QED) is 0.695. The highest BCUT2D eigenvalue weighted by Crippen LogP contribution is 2.38. The summed E-state index contributed by atoms with van der Waals surface area (Å²) in [4.78, 5) is 20.0.